The van der Waals surface area contributed by atoms with Gasteiger partial charge in [0.15, 0.2) is 11.6 Å². The quantitative estimate of drug-likeness (QED) is 0.204. The molecule has 0 fully saturated rings. The van der Waals surface area contributed by atoms with Crippen LogP contribution in [0.5, 0.6) is 5.75 Å². The molecule has 3 aromatic carbocycles. The smallest absolute Gasteiger partial charge is 0.343 e. The van der Waals surface area contributed by atoms with Gasteiger partial charge in [-0.3, -0.25) is 0 Å². The number of benzene rings is 3. The Hall–Kier alpha value is -3.36. The van der Waals surface area contributed by atoms with Crippen LogP contribution in [-0.4, -0.2) is 0 Å². The largest absolute Gasteiger partial charge is 0.451 e. The summed E-state index contributed by atoms with van der Waals surface area (Å²) in [6.45, 7) is 6.01. The van der Waals surface area contributed by atoms with Crippen molar-refractivity contribution in [3.8, 4) is 16.9 Å². The molecule has 1 nitrogen and oxygen atoms in total. The van der Waals surface area contributed by atoms with E-state index in [-0.39, 0.29) is 23.1 Å². The lowest BCUT2D eigenvalue weighted by Crippen LogP contribution is -2.41. The second-order valence-corrected chi connectivity index (χ2v) is 9.31. The molecule has 3 aromatic rings. The van der Waals surface area contributed by atoms with Crippen molar-refractivity contribution in [3.05, 3.63) is 100 Å². The molecular weight excluding hydrogens is 516 g/mol. The van der Waals surface area contributed by atoms with E-state index in [1.54, 1.807) is 13.0 Å². The maximum atomic E-state index is 15.5. The molecule has 1 atom stereocenters. The van der Waals surface area contributed by atoms with E-state index in [1.807, 2.05) is 0 Å². The van der Waals surface area contributed by atoms with E-state index in [2.05, 4.69) is 6.58 Å². The minimum absolute atomic E-state index is 0.0413. The summed E-state index contributed by atoms with van der Waals surface area (Å²) in [5, 5.41) is 0. The SMILES string of the molecule is C=CCCc1ccc(C(C)(F)Oc2ccc3c(c2F)C(F)(F)C(F)(F)c2c-3ccc(CCC)c2F)cc1F. The van der Waals surface area contributed by atoms with Crippen LogP contribution >= 0.6 is 0 Å². The molecule has 0 bridgehead atoms. The van der Waals surface area contributed by atoms with Gasteiger partial charge < -0.3 is 4.74 Å². The molecule has 4 rings (SSSR count). The molecule has 0 saturated carbocycles. The van der Waals surface area contributed by atoms with Gasteiger partial charge in [0, 0.05) is 12.5 Å². The van der Waals surface area contributed by atoms with Crippen LogP contribution in [0.25, 0.3) is 11.1 Å². The van der Waals surface area contributed by atoms with Crippen molar-refractivity contribution in [3.63, 3.8) is 0 Å². The van der Waals surface area contributed by atoms with E-state index in [9.17, 15) is 8.78 Å². The van der Waals surface area contributed by atoms with Gasteiger partial charge in [0.1, 0.15) is 11.6 Å². The third-order valence-electron chi connectivity index (χ3n) is 6.65. The van der Waals surface area contributed by atoms with Crippen LogP contribution < -0.4 is 4.74 Å². The standard InChI is InChI=1S/C29H24F8O/c1-4-6-8-16-9-11-18(15-21(16)30)27(3,33)38-22-14-13-20-19-12-10-17(7-5-2)25(31)23(19)28(34,35)29(36,37)24(20)26(22)32/h4,9-15H,1,5-8H2,2-3H3. The molecule has 1 aliphatic carbocycles. The first-order valence-corrected chi connectivity index (χ1v) is 12.0. The fraction of sp³-hybridized carbons (Fsp3) is 0.310. The van der Waals surface area contributed by atoms with Gasteiger partial charge in [-0.15, -0.1) is 6.58 Å². The number of rotatable bonds is 8. The van der Waals surface area contributed by atoms with E-state index in [0.717, 1.165) is 31.2 Å². The summed E-state index contributed by atoms with van der Waals surface area (Å²) in [6.07, 6.45) is 2.76. The molecule has 0 aliphatic heterocycles. The number of hydrogen-bond acceptors (Lipinski definition) is 1. The summed E-state index contributed by atoms with van der Waals surface area (Å²) in [5.41, 5.74) is -4.81. The molecule has 0 aromatic heterocycles. The number of allylic oxidation sites excluding steroid dienone is 1. The molecule has 0 spiro atoms. The van der Waals surface area contributed by atoms with Crippen LogP contribution in [0.3, 0.4) is 0 Å². The van der Waals surface area contributed by atoms with E-state index in [4.69, 9.17) is 4.74 Å². The van der Waals surface area contributed by atoms with E-state index >= 15 is 26.3 Å². The minimum atomic E-state index is -5.18. The monoisotopic (exact) mass is 540 g/mol. The fourth-order valence-electron chi connectivity index (χ4n) is 4.65. The summed E-state index contributed by atoms with van der Waals surface area (Å²) in [7, 11) is 0. The molecule has 1 unspecified atom stereocenters. The highest BCUT2D eigenvalue weighted by Crippen LogP contribution is 2.60. The molecule has 0 radical (unpaired) electrons. The van der Waals surface area contributed by atoms with Crippen molar-refractivity contribution in [2.24, 2.45) is 0 Å². The Morgan fingerprint density at radius 2 is 1.42 bits per heavy atom. The molecule has 0 N–H and O–H groups in total. The molecular formula is C29H24F8O. The third-order valence-corrected chi connectivity index (χ3v) is 6.65. The Balaban J connectivity index is 1.80. The van der Waals surface area contributed by atoms with Gasteiger partial charge in [0.25, 0.3) is 5.85 Å². The highest BCUT2D eigenvalue weighted by atomic mass is 19.3. The number of hydrogen-bond donors (Lipinski definition) is 0. The van der Waals surface area contributed by atoms with Crippen molar-refractivity contribution in [2.75, 3.05) is 0 Å². The normalized spacial score (nSPS) is 16.8. The van der Waals surface area contributed by atoms with Crippen LogP contribution in [0.1, 0.15) is 54.5 Å². The molecule has 0 saturated heterocycles. The second-order valence-electron chi connectivity index (χ2n) is 9.31. The Morgan fingerprint density at radius 1 is 0.842 bits per heavy atom. The molecule has 38 heavy (non-hydrogen) atoms. The zero-order valence-electron chi connectivity index (χ0n) is 20.6. The van der Waals surface area contributed by atoms with E-state index in [1.165, 1.54) is 18.2 Å². The Morgan fingerprint density at radius 3 is 2.00 bits per heavy atom. The van der Waals surface area contributed by atoms with Gasteiger partial charge in [-0.05, 0) is 59.7 Å². The van der Waals surface area contributed by atoms with Crippen LogP contribution in [0.15, 0.2) is 55.1 Å². The first kappa shape index (κ1) is 27.7. The molecule has 0 amide bonds. The minimum Gasteiger partial charge on any atom is -0.451 e. The second kappa shape index (κ2) is 9.75. The van der Waals surface area contributed by atoms with Gasteiger partial charge in [0.05, 0.1) is 11.1 Å². The van der Waals surface area contributed by atoms with Gasteiger partial charge in [-0.2, -0.15) is 22.0 Å². The Labute approximate surface area is 214 Å². The summed E-state index contributed by atoms with van der Waals surface area (Å²) >= 11 is 0. The lowest BCUT2D eigenvalue weighted by Gasteiger charge is -2.36. The average Bonchev–Trinajstić information content (AvgIpc) is 2.84. The highest BCUT2D eigenvalue weighted by molar-refractivity contribution is 5.77. The topological polar surface area (TPSA) is 9.23 Å². The Bertz CT molecular complexity index is 1390. The lowest BCUT2D eigenvalue weighted by molar-refractivity contribution is -0.228. The molecule has 202 valence electrons. The molecule has 1 aliphatic rings. The van der Waals surface area contributed by atoms with Gasteiger partial charge in [-0.25, -0.2) is 13.2 Å². The van der Waals surface area contributed by atoms with Crippen LogP contribution in [-0.2, 0) is 30.5 Å². The van der Waals surface area contributed by atoms with Crippen molar-refractivity contribution < 1.29 is 39.9 Å². The number of halogens is 8. The van der Waals surface area contributed by atoms with Gasteiger partial charge in [0.2, 0.25) is 0 Å². The highest BCUT2D eigenvalue weighted by Gasteiger charge is 2.65. The van der Waals surface area contributed by atoms with E-state index in [0.29, 0.717) is 19.3 Å². The Kier molecular flexibility index (Phi) is 7.10. The predicted octanol–water partition coefficient (Wildman–Crippen LogP) is 9.26. The molecule has 9 heteroatoms. The summed E-state index contributed by atoms with van der Waals surface area (Å²) in [4.78, 5) is 0. The summed E-state index contributed by atoms with van der Waals surface area (Å²) < 4.78 is 126. The van der Waals surface area contributed by atoms with Gasteiger partial charge >= 0.3 is 11.8 Å². The average molecular weight is 540 g/mol. The number of ether oxygens (including phenoxy) is 1. The maximum Gasteiger partial charge on any atom is 0.343 e. The zero-order valence-corrected chi connectivity index (χ0v) is 20.6. The van der Waals surface area contributed by atoms with Crippen LogP contribution in [0.2, 0.25) is 0 Å². The maximum absolute atomic E-state index is 15.5. The first-order valence-electron chi connectivity index (χ1n) is 12.0. The zero-order chi connectivity index (χ0) is 28.0. The first-order chi connectivity index (χ1) is 17.8. The van der Waals surface area contributed by atoms with Crippen molar-refractivity contribution >= 4 is 0 Å². The fourth-order valence-corrected chi connectivity index (χ4v) is 4.65. The van der Waals surface area contributed by atoms with Crippen molar-refractivity contribution in [1.29, 1.82) is 0 Å². The van der Waals surface area contributed by atoms with Crippen molar-refractivity contribution in [1.82, 2.24) is 0 Å². The summed E-state index contributed by atoms with van der Waals surface area (Å²) in [5.74, 6) is -18.5. The number of fused-ring (bicyclic) bond motifs is 3. The van der Waals surface area contributed by atoms with Crippen molar-refractivity contribution in [2.45, 2.75) is 57.2 Å². The number of aryl methyl sites for hydroxylation is 2. The van der Waals surface area contributed by atoms with Gasteiger partial charge in [-0.1, -0.05) is 43.7 Å². The molecule has 0 heterocycles. The van der Waals surface area contributed by atoms with E-state index < -0.39 is 63.2 Å². The predicted molar refractivity (Wildman–Crippen MR) is 128 cm³/mol. The van der Waals surface area contributed by atoms with Crippen LogP contribution in [0, 0.1) is 17.5 Å². The third kappa shape index (κ3) is 4.35. The summed E-state index contributed by atoms with van der Waals surface area (Å²) in [6, 6.07) is 7.19. The van der Waals surface area contributed by atoms with Crippen LogP contribution in [0.4, 0.5) is 35.1 Å². The lowest BCUT2D eigenvalue weighted by atomic mass is 9.78. The number of alkyl halides is 5.